The second kappa shape index (κ2) is 11.8. The Hall–Kier alpha value is -0.680. The maximum atomic E-state index is 11.9. The van der Waals surface area contributed by atoms with E-state index in [1.165, 1.54) is 6.07 Å². The average Bonchev–Trinajstić information content (AvgIpc) is 2.57. The lowest BCUT2D eigenvalue weighted by Gasteiger charge is -2.10. The minimum atomic E-state index is -0.585. The highest BCUT2D eigenvalue weighted by atomic mass is 35.5. The van der Waals surface area contributed by atoms with E-state index in [1.54, 1.807) is 0 Å². The zero-order chi connectivity index (χ0) is 18.8. The standard InChI is InChI=1S/C17H20Cl4O4/c1-2-3-4-5-9-24-13(22)7-6-8-14(23)25-17-15(20)11(18)10-12(19)16(17)21/h10H,2-9H2,1H3. The summed E-state index contributed by atoms with van der Waals surface area (Å²) in [6.45, 7) is 2.53. The van der Waals surface area contributed by atoms with Gasteiger partial charge in [0.1, 0.15) is 10.0 Å². The summed E-state index contributed by atoms with van der Waals surface area (Å²) in [4.78, 5) is 23.4. The third kappa shape index (κ3) is 8.04. The molecule has 0 N–H and O–H groups in total. The highest BCUT2D eigenvalue weighted by Crippen LogP contribution is 2.42. The molecule has 0 atom stereocenters. The Balaban J connectivity index is 2.35. The van der Waals surface area contributed by atoms with Gasteiger partial charge in [0, 0.05) is 12.8 Å². The summed E-state index contributed by atoms with van der Waals surface area (Å²) in [6, 6.07) is 1.36. The highest BCUT2D eigenvalue weighted by Gasteiger charge is 2.18. The van der Waals surface area contributed by atoms with E-state index in [2.05, 4.69) is 6.92 Å². The molecule has 0 spiro atoms. The van der Waals surface area contributed by atoms with Crippen molar-refractivity contribution in [2.24, 2.45) is 0 Å². The first-order valence-corrected chi connectivity index (χ1v) is 9.57. The second-order valence-electron chi connectivity index (χ2n) is 5.41. The predicted octanol–water partition coefficient (Wildman–Crippen LogP) is 6.50. The summed E-state index contributed by atoms with van der Waals surface area (Å²) in [5.74, 6) is -0.992. The molecule has 0 saturated carbocycles. The van der Waals surface area contributed by atoms with E-state index in [4.69, 9.17) is 55.9 Å². The number of carbonyl (C=O) groups excluding carboxylic acids is 2. The summed E-state index contributed by atoms with van der Waals surface area (Å²) < 4.78 is 10.2. The summed E-state index contributed by atoms with van der Waals surface area (Å²) >= 11 is 23.7. The van der Waals surface area contributed by atoms with Crippen molar-refractivity contribution in [3.63, 3.8) is 0 Å². The molecule has 8 heteroatoms. The van der Waals surface area contributed by atoms with E-state index in [0.29, 0.717) is 13.0 Å². The molecule has 0 heterocycles. The zero-order valence-electron chi connectivity index (χ0n) is 13.9. The van der Waals surface area contributed by atoms with Gasteiger partial charge in [-0.1, -0.05) is 72.6 Å². The van der Waals surface area contributed by atoms with Crippen LogP contribution in [-0.4, -0.2) is 18.5 Å². The molecule has 0 aliphatic rings. The molecule has 0 fully saturated rings. The average molecular weight is 430 g/mol. The van der Waals surface area contributed by atoms with Crippen LogP contribution in [0.2, 0.25) is 20.1 Å². The number of unbranched alkanes of at least 4 members (excludes halogenated alkanes) is 3. The number of hydrogen-bond donors (Lipinski definition) is 0. The van der Waals surface area contributed by atoms with Crippen molar-refractivity contribution in [2.75, 3.05) is 6.61 Å². The maximum Gasteiger partial charge on any atom is 0.311 e. The Bertz CT molecular complexity index is 579. The van der Waals surface area contributed by atoms with E-state index in [-0.39, 0.29) is 44.7 Å². The number of hydrogen-bond acceptors (Lipinski definition) is 4. The zero-order valence-corrected chi connectivity index (χ0v) is 16.9. The van der Waals surface area contributed by atoms with E-state index < -0.39 is 5.97 Å². The normalized spacial score (nSPS) is 10.6. The first-order valence-electron chi connectivity index (χ1n) is 8.06. The number of rotatable bonds is 10. The topological polar surface area (TPSA) is 52.6 Å². The van der Waals surface area contributed by atoms with E-state index >= 15 is 0 Å². The molecular formula is C17H20Cl4O4. The number of carbonyl (C=O) groups is 2. The maximum absolute atomic E-state index is 11.9. The smallest absolute Gasteiger partial charge is 0.311 e. The van der Waals surface area contributed by atoms with Crippen molar-refractivity contribution >= 4 is 58.3 Å². The molecule has 0 aromatic heterocycles. The Morgan fingerprint density at radius 3 is 2.08 bits per heavy atom. The molecule has 0 aliphatic heterocycles. The van der Waals surface area contributed by atoms with Crippen LogP contribution in [0.4, 0.5) is 0 Å². The van der Waals surface area contributed by atoms with Crippen LogP contribution < -0.4 is 4.74 Å². The van der Waals surface area contributed by atoms with Crippen LogP contribution >= 0.6 is 46.4 Å². The van der Waals surface area contributed by atoms with Gasteiger partial charge in [-0.05, 0) is 18.9 Å². The number of esters is 2. The van der Waals surface area contributed by atoms with E-state index in [9.17, 15) is 9.59 Å². The Kier molecular flexibility index (Phi) is 10.6. The largest absolute Gasteiger partial charge is 0.466 e. The van der Waals surface area contributed by atoms with Gasteiger partial charge in [-0.25, -0.2) is 0 Å². The Labute approximate surface area is 167 Å². The molecule has 25 heavy (non-hydrogen) atoms. The van der Waals surface area contributed by atoms with Crippen LogP contribution in [0, 0.1) is 0 Å². The quantitative estimate of drug-likeness (QED) is 0.184. The van der Waals surface area contributed by atoms with Crippen LogP contribution in [0.15, 0.2) is 6.07 Å². The summed E-state index contributed by atoms with van der Waals surface area (Å²) in [6.07, 6.45) is 4.61. The summed E-state index contributed by atoms with van der Waals surface area (Å²) in [5, 5.41) is 0.280. The van der Waals surface area contributed by atoms with Crippen LogP contribution in [0.1, 0.15) is 51.9 Å². The van der Waals surface area contributed by atoms with Crippen molar-refractivity contribution < 1.29 is 19.1 Å². The third-order valence-corrected chi connectivity index (χ3v) is 4.85. The van der Waals surface area contributed by atoms with Gasteiger partial charge in [-0.2, -0.15) is 0 Å². The first-order chi connectivity index (χ1) is 11.9. The third-order valence-electron chi connectivity index (χ3n) is 3.31. The van der Waals surface area contributed by atoms with Gasteiger partial charge < -0.3 is 9.47 Å². The molecule has 1 aromatic rings. The predicted molar refractivity (Wildman–Crippen MR) is 101 cm³/mol. The highest BCUT2D eigenvalue weighted by molar-refractivity contribution is 6.48. The molecule has 1 rings (SSSR count). The fraction of sp³-hybridized carbons (Fsp3) is 0.529. The van der Waals surface area contributed by atoms with Crippen molar-refractivity contribution in [1.82, 2.24) is 0 Å². The molecule has 0 saturated heterocycles. The van der Waals surface area contributed by atoms with Crippen LogP contribution in [-0.2, 0) is 14.3 Å². The molecule has 0 radical (unpaired) electrons. The molecule has 0 bridgehead atoms. The molecule has 0 amide bonds. The number of ether oxygens (including phenoxy) is 2. The number of benzene rings is 1. The summed E-state index contributed by atoms with van der Waals surface area (Å²) in [5.41, 5.74) is 0. The van der Waals surface area contributed by atoms with Gasteiger partial charge in [0.05, 0.1) is 16.7 Å². The van der Waals surface area contributed by atoms with Gasteiger partial charge in [0.15, 0.2) is 5.75 Å². The molecule has 140 valence electrons. The lowest BCUT2D eigenvalue weighted by molar-refractivity contribution is -0.144. The van der Waals surface area contributed by atoms with Gasteiger partial charge in [-0.3, -0.25) is 9.59 Å². The van der Waals surface area contributed by atoms with Crippen molar-refractivity contribution in [3.05, 3.63) is 26.2 Å². The van der Waals surface area contributed by atoms with Crippen LogP contribution in [0.25, 0.3) is 0 Å². The Morgan fingerprint density at radius 1 is 0.880 bits per heavy atom. The molecular weight excluding hydrogens is 410 g/mol. The number of halogens is 4. The lowest BCUT2D eigenvalue weighted by Crippen LogP contribution is -2.11. The van der Waals surface area contributed by atoms with Crippen LogP contribution in [0.5, 0.6) is 5.75 Å². The SMILES string of the molecule is CCCCCCOC(=O)CCCC(=O)Oc1c(Cl)c(Cl)cc(Cl)c1Cl. The minimum Gasteiger partial charge on any atom is -0.466 e. The van der Waals surface area contributed by atoms with Crippen molar-refractivity contribution in [2.45, 2.75) is 51.9 Å². The molecule has 1 aromatic carbocycles. The molecule has 0 unspecified atom stereocenters. The fourth-order valence-electron chi connectivity index (χ4n) is 1.97. The summed E-state index contributed by atoms with van der Waals surface area (Å²) in [7, 11) is 0. The van der Waals surface area contributed by atoms with E-state index in [1.807, 2.05) is 0 Å². The van der Waals surface area contributed by atoms with Crippen molar-refractivity contribution in [1.29, 1.82) is 0 Å². The first kappa shape index (κ1) is 22.4. The lowest BCUT2D eigenvalue weighted by atomic mass is 10.2. The van der Waals surface area contributed by atoms with E-state index in [0.717, 1.165) is 25.7 Å². The second-order valence-corrected chi connectivity index (χ2v) is 6.98. The Morgan fingerprint density at radius 2 is 1.48 bits per heavy atom. The monoisotopic (exact) mass is 428 g/mol. The van der Waals surface area contributed by atoms with Gasteiger partial charge in [-0.15, -0.1) is 0 Å². The van der Waals surface area contributed by atoms with Crippen LogP contribution in [0.3, 0.4) is 0 Å². The minimum absolute atomic E-state index is 0.0101. The van der Waals surface area contributed by atoms with Gasteiger partial charge >= 0.3 is 11.9 Å². The molecule has 4 nitrogen and oxygen atoms in total. The van der Waals surface area contributed by atoms with Crippen molar-refractivity contribution in [3.8, 4) is 5.75 Å². The van der Waals surface area contributed by atoms with Gasteiger partial charge in [0.2, 0.25) is 0 Å². The molecule has 0 aliphatic carbocycles. The fourth-order valence-corrected chi connectivity index (χ4v) is 2.84. The van der Waals surface area contributed by atoms with Gasteiger partial charge in [0.25, 0.3) is 0 Å².